The van der Waals surface area contributed by atoms with Crippen LogP contribution >= 0.6 is 0 Å². The average molecular weight is 821 g/mol. The van der Waals surface area contributed by atoms with Gasteiger partial charge in [-0.2, -0.15) is 0 Å². The van der Waals surface area contributed by atoms with E-state index in [4.69, 9.17) is 24.2 Å². The average Bonchev–Trinajstić information content (AvgIpc) is 4.07. The molecular weight excluding hydrogens is 765 g/mol. The zero-order chi connectivity index (χ0) is 42.9. The van der Waals surface area contributed by atoms with E-state index in [0.29, 0.717) is 19.6 Å². The highest BCUT2D eigenvalue weighted by Gasteiger charge is 2.24. The molecule has 0 fully saturated rings. The Balaban J connectivity index is 0.000000189. The Morgan fingerprint density at radius 2 is 1.16 bits per heavy atom. The van der Waals surface area contributed by atoms with E-state index in [1.807, 2.05) is 83.3 Å². The lowest BCUT2D eigenvalue weighted by Gasteiger charge is -2.20. The largest absolute Gasteiger partial charge is 0.466 e. The summed E-state index contributed by atoms with van der Waals surface area (Å²) in [6.45, 7) is 10.0. The summed E-state index contributed by atoms with van der Waals surface area (Å²) in [7, 11) is 0. The van der Waals surface area contributed by atoms with Gasteiger partial charge in [-0.1, -0.05) is 48.5 Å². The summed E-state index contributed by atoms with van der Waals surface area (Å²) in [5, 5.41) is 0. The Hall–Kier alpha value is -6.29. The van der Waals surface area contributed by atoms with Gasteiger partial charge >= 0.3 is 18.0 Å². The smallest absolute Gasteiger partial charge is 0.419 e. The second kappa shape index (κ2) is 19.4. The topological polar surface area (TPSA) is 125 Å². The van der Waals surface area contributed by atoms with Crippen LogP contribution < -0.4 is 0 Å². The van der Waals surface area contributed by atoms with Crippen molar-refractivity contribution in [1.29, 1.82) is 0 Å². The fraction of sp³-hybridized carbons (Fsp3) is 0.353. The van der Waals surface area contributed by atoms with E-state index in [-0.39, 0.29) is 18.4 Å². The summed E-state index contributed by atoms with van der Waals surface area (Å²) in [6.07, 6.45) is 11.9. The second-order valence-corrected chi connectivity index (χ2v) is 16.7. The summed E-state index contributed by atoms with van der Waals surface area (Å²) in [5.41, 5.74) is 15.1. The van der Waals surface area contributed by atoms with Crippen molar-refractivity contribution in [2.75, 3.05) is 13.2 Å². The molecule has 0 radical (unpaired) electrons. The number of fused-ring (bicyclic) bond motifs is 2. The third-order valence-corrected chi connectivity index (χ3v) is 10.9. The fourth-order valence-corrected chi connectivity index (χ4v) is 8.14. The molecule has 2 aliphatic carbocycles. The first-order valence-electron chi connectivity index (χ1n) is 21.5. The number of esters is 2. The number of aromatic amines is 1. The number of nitrogens with one attached hydrogen (secondary N) is 1. The lowest BCUT2D eigenvalue weighted by molar-refractivity contribution is -0.143. The normalized spacial score (nSPS) is 12.9. The molecule has 8 rings (SSSR count). The molecule has 0 saturated heterocycles. The van der Waals surface area contributed by atoms with Crippen LogP contribution in [0.25, 0.3) is 22.8 Å². The number of benzene rings is 2. The van der Waals surface area contributed by atoms with Gasteiger partial charge in [0, 0.05) is 23.8 Å². The number of hydrogen-bond donors (Lipinski definition) is 1. The molecule has 0 spiro atoms. The van der Waals surface area contributed by atoms with Gasteiger partial charge in [-0.25, -0.2) is 4.79 Å². The van der Waals surface area contributed by atoms with Gasteiger partial charge in [0.25, 0.3) is 0 Å². The van der Waals surface area contributed by atoms with Gasteiger partial charge in [0.05, 0.1) is 48.8 Å². The van der Waals surface area contributed by atoms with E-state index in [9.17, 15) is 14.4 Å². The molecule has 6 aromatic rings. The number of carbonyl (C=O) groups is 3. The maximum absolute atomic E-state index is 12.8. The van der Waals surface area contributed by atoms with Crippen LogP contribution in [0.5, 0.6) is 0 Å². The highest BCUT2D eigenvalue weighted by atomic mass is 16.6. The SMILES string of the molecule is CCOC(=O)Cc1ccc(Cc2cc(-c3ccc[nH]3)nc3c2CCC3)cc1.CCOC(=O)Cc1ccc(Cc2cc(-c3cccn3C(=O)OC(C)(C)C)nc3c2CCC3)cc1. The van der Waals surface area contributed by atoms with Crippen molar-refractivity contribution in [2.45, 2.75) is 104 Å². The van der Waals surface area contributed by atoms with E-state index in [2.05, 4.69) is 47.4 Å². The first-order valence-corrected chi connectivity index (χ1v) is 21.5. The van der Waals surface area contributed by atoms with Gasteiger partial charge in [-0.3, -0.25) is 24.1 Å². The van der Waals surface area contributed by atoms with Crippen LogP contribution in [0.3, 0.4) is 0 Å². The highest BCUT2D eigenvalue weighted by molar-refractivity contribution is 5.78. The maximum Gasteiger partial charge on any atom is 0.419 e. The molecule has 0 amide bonds. The predicted molar refractivity (Wildman–Crippen MR) is 237 cm³/mol. The van der Waals surface area contributed by atoms with Crippen molar-refractivity contribution < 1.29 is 28.6 Å². The molecule has 4 aromatic heterocycles. The van der Waals surface area contributed by atoms with Crippen LogP contribution in [-0.2, 0) is 75.2 Å². The minimum absolute atomic E-state index is 0.173. The number of hydrogen-bond acceptors (Lipinski definition) is 8. The van der Waals surface area contributed by atoms with Crippen LogP contribution in [0.2, 0.25) is 0 Å². The van der Waals surface area contributed by atoms with E-state index in [1.165, 1.54) is 50.1 Å². The molecule has 0 atom stereocenters. The van der Waals surface area contributed by atoms with E-state index in [1.54, 1.807) is 6.20 Å². The van der Waals surface area contributed by atoms with Gasteiger partial charge in [0.2, 0.25) is 0 Å². The monoisotopic (exact) mass is 820 g/mol. The standard InChI is InChI=1S/C28H32N2O4.C23H24N2O2/c1-5-33-26(31)17-20-13-11-19(12-14-20)16-21-18-24(29-23-9-6-8-22(21)23)25-10-7-15-30(25)27(32)34-28(2,3)4;1-2-27-23(26)14-17-10-8-16(9-11-17)13-18-15-22(21-7-4-12-24-21)25-20-6-3-5-19(18)20/h7,10-15,18H,5-6,8-9,16-17H2,1-4H3;4,7-12,15,24H,2-3,5-6,13-14H2,1H3. The molecule has 0 saturated carbocycles. The summed E-state index contributed by atoms with van der Waals surface area (Å²) in [6, 6.07) is 28.6. The van der Waals surface area contributed by atoms with Crippen molar-refractivity contribution in [3.8, 4) is 22.8 Å². The van der Waals surface area contributed by atoms with Gasteiger partial charge in [-0.05, 0) is 167 Å². The third-order valence-electron chi connectivity index (χ3n) is 10.9. The zero-order valence-electron chi connectivity index (χ0n) is 36.0. The molecule has 1 N–H and O–H groups in total. The molecule has 0 unspecified atom stereocenters. The molecule has 0 aliphatic heterocycles. The maximum atomic E-state index is 12.8. The number of ether oxygens (including phenoxy) is 3. The molecule has 61 heavy (non-hydrogen) atoms. The number of aromatic nitrogens is 4. The van der Waals surface area contributed by atoms with Crippen molar-refractivity contribution in [3.63, 3.8) is 0 Å². The van der Waals surface area contributed by atoms with Crippen molar-refractivity contribution >= 4 is 18.0 Å². The van der Waals surface area contributed by atoms with Crippen LogP contribution in [0.4, 0.5) is 4.79 Å². The molecule has 4 heterocycles. The summed E-state index contributed by atoms with van der Waals surface area (Å²) >= 11 is 0. The Morgan fingerprint density at radius 1 is 0.656 bits per heavy atom. The molecule has 10 nitrogen and oxygen atoms in total. The molecule has 2 aliphatic rings. The number of H-pyrrole nitrogens is 1. The van der Waals surface area contributed by atoms with Crippen molar-refractivity contribution in [3.05, 3.63) is 153 Å². The molecular formula is C51H56N4O6. The minimum Gasteiger partial charge on any atom is -0.466 e. The summed E-state index contributed by atoms with van der Waals surface area (Å²) < 4.78 is 17.2. The highest BCUT2D eigenvalue weighted by Crippen LogP contribution is 2.32. The molecule has 2 aromatic carbocycles. The van der Waals surface area contributed by atoms with Gasteiger partial charge in [0.15, 0.2) is 0 Å². The van der Waals surface area contributed by atoms with Gasteiger partial charge in [-0.15, -0.1) is 0 Å². The lowest BCUT2D eigenvalue weighted by atomic mass is 9.97. The van der Waals surface area contributed by atoms with Crippen molar-refractivity contribution in [2.24, 2.45) is 0 Å². The third kappa shape index (κ3) is 11.1. The van der Waals surface area contributed by atoms with Gasteiger partial charge < -0.3 is 19.2 Å². The van der Waals surface area contributed by atoms with Gasteiger partial charge in [0.1, 0.15) is 5.60 Å². The number of pyridine rings is 2. The van der Waals surface area contributed by atoms with E-state index >= 15 is 0 Å². The van der Waals surface area contributed by atoms with E-state index in [0.717, 1.165) is 84.5 Å². The first kappa shape index (κ1) is 42.8. The quantitative estimate of drug-likeness (QED) is 0.0956. The fourth-order valence-electron chi connectivity index (χ4n) is 8.14. The van der Waals surface area contributed by atoms with Crippen LogP contribution in [0.15, 0.2) is 97.3 Å². The zero-order valence-corrected chi connectivity index (χ0v) is 36.0. The van der Waals surface area contributed by atoms with Crippen LogP contribution in [0.1, 0.15) is 103 Å². The first-order chi connectivity index (χ1) is 29.5. The Morgan fingerprint density at radius 3 is 1.66 bits per heavy atom. The number of carbonyl (C=O) groups excluding carboxylic acids is 3. The second-order valence-electron chi connectivity index (χ2n) is 16.7. The van der Waals surface area contributed by atoms with Crippen LogP contribution in [-0.4, -0.2) is 56.4 Å². The Labute approximate surface area is 358 Å². The number of nitrogens with zero attached hydrogens (tertiary/aromatic N) is 3. The molecule has 0 bridgehead atoms. The summed E-state index contributed by atoms with van der Waals surface area (Å²) in [5.74, 6) is -0.382. The Bertz CT molecular complexity index is 2460. The molecule has 316 valence electrons. The minimum atomic E-state index is -0.575. The Kier molecular flexibility index (Phi) is 13.6. The van der Waals surface area contributed by atoms with Crippen LogP contribution in [0, 0.1) is 0 Å². The molecule has 10 heteroatoms. The lowest BCUT2D eigenvalue weighted by Crippen LogP contribution is -2.27. The number of aryl methyl sites for hydroxylation is 2. The predicted octanol–water partition coefficient (Wildman–Crippen LogP) is 9.78. The summed E-state index contributed by atoms with van der Waals surface area (Å²) in [4.78, 5) is 49.2. The van der Waals surface area contributed by atoms with E-state index < -0.39 is 11.7 Å². The number of rotatable bonds is 12. The van der Waals surface area contributed by atoms with Crippen molar-refractivity contribution in [1.82, 2.24) is 19.5 Å².